The summed E-state index contributed by atoms with van der Waals surface area (Å²) in [5, 5.41) is 11.6. The van der Waals surface area contributed by atoms with Crippen LogP contribution in [0.25, 0.3) is 0 Å². The van der Waals surface area contributed by atoms with Gasteiger partial charge in [-0.2, -0.15) is 0 Å². The van der Waals surface area contributed by atoms with Crippen molar-refractivity contribution in [1.29, 1.82) is 0 Å². The highest BCUT2D eigenvalue weighted by atomic mass is 16.4. The molecule has 1 rings (SSSR count). The molecule has 1 aliphatic rings. The van der Waals surface area contributed by atoms with E-state index >= 15 is 0 Å². The molecule has 18 heavy (non-hydrogen) atoms. The lowest BCUT2D eigenvalue weighted by molar-refractivity contribution is -0.141. The number of rotatable bonds is 4. The largest absolute Gasteiger partial charge is 0.481 e. The van der Waals surface area contributed by atoms with Gasteiger partial charge in [0.2, 0.25) is 11.8 Å². The minimum absolute atomic E-state index is 0.000408. The number of carbonyl (C=O) groups is 3. The molecule has 0 saturated carbocycles. The minimum atomic E-state index is -0.868. The Bertz CT molecular complexity index is 319. The molecule has 0 bridgehead atoms. The van der Waals surface area contributed by atoms with Crippen LogP contribution in [0, 0.1) is 5.92 Å². The Labute approximate surface area is 106 Å². The maximum atomic E-state index is 11.7. The standard InChI is InChI=1S/C12H20N2O4/c1-3-11(16)14-6-9(5-12(17)18)4-10(7-14)13-8(2)15/h9-10H,3-7H2,1-2H3,(H,13,15)(H,17,18). The van der Waals surface area contributed by atoms with Gasteiger partial charge in [-0.3, -0.25) is 14.4 Å². The number of likely N-dealkylation sites (tertiary alicyclic amines) is 1. The number of amides is 2. The van der Waals surface area contributed by atoms with E-state index in [4.69, 9.17) is 5.11 Å². The third-order valence-corrected chi connectivity index (χ3v) is 3.06. The number of aliphatic carboxylic acids is 1. The molecular formula is C12H20N2O4. The van der Waals surface area contributed by atoms with E-state index in [9.17, 15) is 14.4 Å². The van der Waals surface area contributed by atoms with Gasteiger partial charge < -0.3 is 15.3 Å². The van der Waals surface area contributed by atoms with Crippen molar-refractivity contribution in [3.8, 4) is 0 Å². The molecule has 0 spiro atoms. The number of nitrogens with one attached hydrogen (secondary N) is 1. The summed E-state index contributed by atoms with van der Waals surface area (Å²) >= 11 is 0. The Morgan fingerprint density at radius 2 is 2.00 bits per heavy atom. The van der Waals surface area contributed by atoms with Crippen LogP contribution in [0.15, 0.2) is 0 Å². The van der Waals surface area contributed by atoms with Crippen LogP contribution in [-0.4, -0.2) is 46.9 Å². The van der Waals surface area contributed by atoms with Crippen LogP contribution in [0.2, 0.25) is 0 Å². The first-order valence-corrected chi connectivity index (χ1v) is 6.19. The maximum Gasteiger partial charge on any atom is 0.303 e. The summed E-state index contributed by atoms with van der Waals surface area (Å²) in [6.45, 7) is 4.14. The summed E-state index contributed by atoms with van der Waals surface area (Å²) in [4.78, 5) is 35.2. The molecule has 2 unspecified atom stereocenters. The summed E-state index contributed by atoms with van der Waals surface area (Å²) in [5.41, 5.74) is 0. The van der Waals surface area contributed by atoms with Crippen LogP contribution < -0.4 is 5.32 Å². The molecule has 0 aromatic heterocycles. The highest BCUT2D eigenvalue weighted by Gasteiger charge is 2.30. The molecule has 1 saturated heterocycles. The molecule has 1 heterocycles. The van der Waals surface area contributed by atoms with E-state index < -0.39 is 5.97 Å². The van der Waals surface area contributed by atoms with E-state index in [1.165, 1.54) is 6.92 Å². The SMILES string of the molecule is CCC(=O)N1CC(CC(=O)O)CC(NC(C)=O)C1. The molecule has 102 valence electrons. The number of nitrogens with zero attached hydrogens (tertiary/aromatic N) is 1. The monoisotopic (exact) mass is 256 g/mol. The summed E-state index contributed by atoms with van der Waals surface area (Å²) in [6, 6.07) is -0.143. The van der Waals surface area contributed by atoms with Crippen molar-refractivity contribution >= 4 is 17.8 Å². The Balaban J connectivity index is 2.68. The Morgan fingerprint density at radius 3 is 2.50 bits per heavy atom. The maximum absolute atomic E-state index is 11.7. The molecule has 1 aliphatic heterocycles. The summed E-state index contributed by atoms with van der Waals surface area (Å²) < 4.78 is 0. The number of carbonyl (C=O) groups excluding carboxylic acids is 2. The first-order valence-electron chi connectivity index (χ1n) is 6.19. The number of carboxylic acids is 1. The molecule has 0 aromatic rings. The summed E-state index contributed by atoms with van der Waals surface area (Å²) in [7, 11) is 0. The van der Waals surface area contributed by atoms with Crippen molar-refractivity contribution < 1.29 is 19.5 Å². The number of hydrogen-bond donors (Lipinski definition) is 2. The van der Waals surface area contributed by atoms with Crippen molar-refractivity contribution in [2.45, 2.75) is 39.2 Å². The van der Waals surface area contributed by atoms with Gasteiger partial charge >= 0.3 is 5.97 Å². The van der Waals surface area contributed by atoms with Crippen molar-refractivity contribution in [3.63, 3.8) is 0 Å². The fraction of sp³-hybridized carbons (Fsp3) is 0.750. The number of piperidine rings is 1. The predicted octanol–water partition coefficient (Wildman–Crippen LogP) is 0.224. The van der Waals surface area contributed by atoms with Gasteiger partial charge in [0.15, 0.2) is 0 Å². The molecule has 2 atom stereocenters. The smallest absolute Gasteiger partial charge is 0.303 e. The highest BCUT2D eigenvalue weighted by molar-refractivity contribution is 5.77. The fourth-order valence-corrected chi connectivity index (χ4v) is 2.42. The van der Waals surface area contributed by atoms with Crippen LogP contribution in [0.3, 0.4) is 0 Å². The van der Waals surface area contributed by atoms with Gasteiger partial charge in [0, 0.05) is 38.9 Å². The summed E-state index contributed by atoms with van der Waals surface area (Å²) in [6.07, 6.45) is 1.04. The second-order valence-corrected chi connectivity index (χ2v) is 4.75. The fourth-order valence-electron chi connectivity index (χ4n) is 2.42. The Kier molecular flexibility index (Phi) is 5.12. The first-order chi connectivity index (χ1) is 8.42. The molecule has 0 aliphatic carbocycles. The predicted molar refractivity (Wildman–Crippen MR) is 64.8 cm³/mol. The zero-order valence-electron chi connectivity index (χ0n) is 10.8. The minimum Gasteiger partial charge on any atom is -0.481 e. The molecule has 6 heteroatoms. The lowest BCUT2D eigenvalue weighted by Gasteiger charge is -2.37. The summed E-state index contributed by atoms with van der Waals surface area (Å²) in [5.74, 6) is -1.11. The lowest BCUT2D eigenvalue weighted by Crippen LogP contribution is -2.52. The van der Waals surface area contributed by atoms with Gasteiger partial charge in [-0.1, -0.05) is 6.92 Å². The van der Waals surface area contributed by atoms with Crippen LogP contribution in [0.4, 0.5) is 0 Å². The van der Waals surface area contributed by atoms with E-state index in [1.807, 2.05) is 0 Å². The molecule has 0 aromatic carbocycles. The third-order valence-electron chi connectivity index (χ3n) is 3.06. The van der Waals surface area contributed by atoms with Gasteiger partial charge in [-0.05, 0) is 12.3 Å². The first kappa shape index (κ1) is 14.5. The average molecular weight is 256 g/mol. The van der Waals surface area contributed by atoms with E-state index in [1.54, 1.807) is 11.8 Å². The van der Waals surface area contributed by atoms with Gasteiger partial charge in [0.25, 0.3) is 0 Å². The normalized spacial score (nSPS) is 23.6. The van der Waals surface area contributed by atoms with Crippen LogP contribution >= 0.6 is 0 Å². The Hall–Kier alpha value is -1.59. The van der Waals surface area contributed by atoms with E-state index in [-0.39, 0.29) is 30.2 Å². The van der Waals surface area contributed by atoms with Crippen LogP contribution in [-0.2, 0) is 14.4 Å². The molecule has 6 nitrogen and oxygen atoms in total. The van der Waals surface area contributed by atoms with Crippen molar-refractivity contribution in [2.24, 2.45) is 5.92 Å². The molecule has 1 fully saturated rings. The van der Waals surface area contributed by atoms with Crippen LogP contribution in [0.1, 0.15) is 33.1 Å². The van der Waals surface area contributed by atoms with Gasteiger partial charge in [0.1, 0.15) is 0 Å². The highest BCUT2D eigenvalue weighted by Crippen LogP contribution is 2.20. The van der Waals surface area contributed by atoms with Gasteiger partial charge in [-0.15, -0.1) is 0 Å². The quantitative estimate of drug-likeness (QED) is 0.753. The van der Waals surface area contributed by atoms with E-state index in [2.05, 4.69) is 5.32 Å². The van der Waals surface area contributed by atoms with E-state index in [0.717, 1.165) is 0 Å². The lowest BCUT2D eigenvalue weighted by atomic mass is 9.91. The molecule has 0 radical (unpaired) electrons. The topological polar surface area (TPSA) is 86.7 Å². The van der Waals surface area contributed by atoms with Crippen LogP contribution in [0.5, 0.6) is 0 Å². The van der Waals surface area contributed by atoms with E-state index in [0.29, 0.717) is 25.9 Å². The van der Waals surface area contributed by atoms with Crippen molar-refractivity contribution in [3.05, 3.63) is 0 Å². The van der Waals surface area contributed by atoms with Crippen molar-refractivity contribution in [1.82, 2.24) is 10.2 Å². The molecular weight excluding hydrogens is 236 g/mol. The number of carboxylic acid groups (broad SMARTS) is 1. The zero-order valence-corrected chi connectivity index (χ0v) is 10.8. The van der Waals surface area contributed by atoms with Gasteiger partial charge in [-0.25, -0.2) is 0 Å². The zero-order chi connectivity index (χ0) is 13.7. The molecule has 2 amide bonds. The average Bonchev–Trinajstić information content (AvgIpc) is 2.25. The van der Waals surface area contributed by atoms with Gasteiger partial charge in [0.05, 0.1) is 0 Å². The second-order valence-electron chi connectivity index (χ2n) is 4.75. The van der Waals surface area contributed by atoms with Crippen molar-refractivity contribution in [2.75, 3.05) is 13.1 Å². The number of hydrogen-bond acceptors (Lipinski definition) is 3. The third kappa shape index (κ3) is 4.35. The molecule has 2 N–H and O–H groups in total. The second kappa shape index (κ2) is 6.37. The Morgan fingerprint density at radius 1 is 1.33 bits per heavy atom.